The maximum atomic E-state index is 11.0. The lowest BCUT2D eigenvalue weighted by atomic mass is 10.1. The minimum absolute atomic E-state index is 0.00607. The summed E-state index contributed by atoms with van der Waals surface area (Å²) in [6, 6.07) is 3.14. The van der Waals surface area contributed by atoms with E-state index in [1.807, 2.05) is 20.8 Å². The minimum atomic E-state index is -0.951. The predicted molar refractivity (Wildman–Crippen MR) is 67.7 cm³/mol. The molecule has 0 radical (unpaired) electrons. The van der Waals surface area contributed by atoms with Gasteiger partial charge in [-0.05, 0) is 18.1 Å². The van der Waals surface area contributed by atoms with Gasteiger partial charge in [-0.2, -0.15) is 0 Å². The Balaban J connectivity index is 3.08. The van der Waals surface area contributed by atoms with E-state index in [0.29, 0.717) is 5.03 Å². The Bertz CT molecular complexity index is 407. The zero-order valence-electron chi connectivity index (χ0n) is 10.2. The summed E-state index contributed by atoms with van der Waals surface area (Å²) in [7, 11) is 0. The van der Waals surface area contributed by atoms with Gasteiger partial charge in [-0.1, -0.05) is 20.8 Å². The molecule has 0 saturated carbocycles. The maximum Gasteiger partial charge on any atom is 0.335 e. The lowest BCUT2D eigenvalue weighted by Gasteiger charge is -2.11. The van der Waals surface area contributed by atoms with Crippen LogP contribution in [0.2, 0.25) is 0 Å². The Kier molecular flexibility index (Phi) is 4.96. The summed E-state index contributed by atoms with van der Waals surface area (Å²) >= 11 is 1.38. The normalized spacial score (nSPS) is 12.8. The Labute approximate surface area is 105 Å². The van der Waals surface area contributed by atoms with Gasteiger partial charge in [0.2, 0.25) is 0 Å². The minimum Gasteiger partial charge on any atom is -0.478 e. The van der Waals surface area contributed by atoms with E-state index in [2.05, 4.69) is 4.98 Å². The fourth-order valence-corrected chi connectivity index (χ4v) is 2.09. The molecule has 2 N–H and O–H groups in total. The third-order valence-electron chi connectivity index (χ3n) is 2.24. The van der Waals surface area contributed by atoms with Crippen LogP contribution in [0.4, 0.5) is 0 Å². The van der Waals surface area contributed by atoms with Crippen molar-refractivity contribution in [2.45, 2.75) is 37.0 Å². The number of aliphatic hydroxyl groups is 1. The van der Waals surface area contributed by atoms with Gasteiger partial charge in [0.1, 0.15) is 0 Å². The number of aliphatic hydroxyl groups excluding tert-OH is 1. The highest BCUT2D eigenvalue weighted by Gasteiger charge is 2.12. The van der Waals surface area contributed by atoms with Crippen LogP contribution in [0.1, 0.15) is 42.7 Å². The molecule has 1 rings (SSSR count). The molecular weight excluding hydrogens is 238 g/mol. The zero-order valence-corrected chi connectivity index (χ0v) is 11.0. The van der Waals surface area contributed by atoms with E-state index in [0.717, 1.165) is 5.69 Å². The SMILES string of the molecule is CC(CO)Sc1cc(C(=O)O)cc(C(C)C)n1. The first-order valence-electron chi connectivity index (χ1n) is 5.46. The molecule has 0 fully saturated rings. The summed E-state index contributed by atoms with van der Waals surface area (Å²) in [6.07, 6.45) is 0. The van der Waals surface area contributed by atoms with E-state index in [4.69, 9.17) is 10.2 Å². The third-order valence-corrected chi connectivity index (χ3v) is 3.24. The van der Waals surface area contributed by atoms with Crippen LogP contribution in [0.5, 0.6) is 0 Å². The first-order valence-corrected chi connectivity index (χ1v) is 6.34. The number of carbonyl (C=O) groups is 1. The molecule has 1 atom stereocenters. The van der Waals surface area contributed by atoms with E-state index < -0.39 is 5.97 Å². The standard InChI is InChI=1S/C12H17NO3S/c1-7(2)10-4-9(12(15)16)5-11(13-10)17-8(3)6-14/h4-5,7-8,14H,6H2,1-3H3,(H,15,16). The summed E-state index contributed by atoms with van der Waals surface area (Å²) in [5.41, 5.74) is 1.01. The van der Waals surface area contributed by atoms with Crippen molar-refractivity contribution in [2.75, 3.05) is 6.61 Å². The first-order chi connectivity index (χ1) is 7.93. The monoisotopic (exact) mass is 255 g/mol. The van der Waals surface area contributed by atoms with Gasteiger partial charge >= 0.3 is 5.97 Å². The van der Waals surface area contributed by atoms with Crippen LogP contribution < -0.4 is 0 Å². The summed E-state index contributed by atoms with van der Waals surface area (Å²) in [6.45, 7) is 5.85. The van der Waals surface area contributed by atoms with Crippen LogP contribution in [0.15, 0.2) is 17.2 Å². The zero-order chi connectivity index (χ0) is 13.0. The second-order valence-corrected chi connectivity index (χ2v) is 5.65. The molecule has 94 valence electrons. The molecule has 1 aromatic rings. The van der Waals surface area contributed by atoms with E-state index in [1.54, 1.807) is 12.1 Å². The first kappa shape index (κ1) is 14.0. The molecule has 1 heterocycles. The van der Waals surface area contributed by atoms with Gasteiger partial charge < -0.3 is 10.2 Å². The van der Waals surface area contributed by atoms with E-state index >= 15 is 0 Å². The van der Waals surface area contributed by atoms with E-state index in [1.165, 1.54) is 11.8 Å². The largest absolute Gasteiger partial charge is 0.478 e. The van der Waals surface area contributed by atoms with Crippen LogP contribution >= 0.6 is 11.8 Å². The van der Waals surface area contributed by atoms with Gasteiger partial charge in [-0.15, -0.1) is 11.8 Å². The topological polar surface area (TPSA) is 70.4 Å². The Morgan fingerprint density at radius 1 is 1.41 bits per heavy atom. The van der Waals surface area contributed by atoms with Crippen molar-refractivity contribution in [3.63, 3.8) is 0 Å². The highest BCUT2D eigenvalue weighted by Crippen LogP contribution is 2.25. The van der Waals surface area contributed by atoms with Gasteiger partial charge in [0.25, 0.3) is 0 Å². The number of thioether (sulfide) groups is 1. The van der Waals surface area contributed by atoms with Gasteiger partial charge in [0, 0.05) is 10.9 Å². The van der Waals surface area contributed by atoms with Crippen LogP contribution in [0.3, 0.4) is 0 Å². The number of carboxylic acids is 1. The summed E-state index contributed by atoms with van der Waals surface area (Å²) in [4.78, 5) is 15.4. The van der Waals surface area contributed by atoms with Gasteiger partial charge in [0.15, 0.2) is 0 Å². The second kappa shape index (κ2) is 6.02. The molecule has 0 saturated heterocycles. The van der Waals surface area contributed by atoms with Crippen molar-refractivity contribution in [1.82, 2.24) is 4.98 Å². The molecule has 5 heteroatoms. The number of carboxylic acid groups (broad SMARTS) is 1. The predicted octanol–water partition coefficient (Wildman–Crippen LogP) is 2.38. The highest BCUT2D eigenvalue weighted by atomic mass is 32.2. The molecule has 0 aromatic carbocycles. The maximum absolute atomic E-state index is 11.0. The number of hydrogen-bond donors (Lipinski definition) is 2. The Morgan fingerprint density at radius 3 is 2.53 bits per heavy atom. The molecule has 0 aliphatic rings. The third kappa shape index (κ3) is 4.02. The van der Waals surface area contributed by atoms with Crippen molar-refractivity contribution >= 4 is 17.7 Å². The van der Waals surface area contributed by atoms with E-state index in [-0.39, 0.29) is 23.3 Å². The molecule has 0 bridgehead atoms. The van der Waals surface area contributed by atoms with Crippen molar-refractivity contribution in [3.05, 3.63) is 23.4 Å². The fourth-order valence-electron chi connectivity index (χ4n) is 1.25. The van der Waals surface area contributed by atoms with Gasteiger partial charge in [-0.3, -0.25) is 0 Å². The molecule has 0 aliphatic carbocycles. The fraction of sp³-hybridized carbons (Fsp3) is 0.500. The lowest BCUT2D eigenvalue weighted by Crippen LogP contribution is -2.06. The number of pyridine rings is 1. The number of rotatable bonds is 5. The molecule has 1 unspecified atom stereocenters. The smallest absolute Gasteiger partial charge is 0.335 e. The molecule has 17 heavy (non-hydrogen) atoms. The summed E-state index contributed by atoms with van der Waals surface area (Å²) < 4.78 is 0. The van der Waals surface area contributed by atoms with Crippen LogP contribution in [-0.2, 0) is 0 Å². The molecule has 0 amide bonds. The van der Waals surface area contributed by atoms with E-state index in [9.17, 15) is 4.79 Å². The Hall–Kier alpha value is -1.07. The Morgan fingerprint density at radius 2 is 2.06 bits per heavy atom. The van der Waals surface area contributed by atoms with Gasteiger partial charge in [-0.25, -0.2) is 9.78 Å². The van der Waals surface area contributed by atoms with Crippen LogP contribution in [0, 0.1) is 0 Å². The number of hydrogen-bond acceptors (Lipinski definition) is 4. The van der Waals surface area contributed by atoms with Crippen molar-refractivity contribution in [2.24, 2.45) is 0 Å². The van der Waals surface area contributed by atoms with Crippen molar-refractivity contribution in [1.29, 1.82) is 0 Å². The van der Waals surface area contributed by atoms with Crippen LogP contribution in [-0.4, -0.2) is 33.0 Å². The lowest BCUT2D eigenvalue weighted by molar-refractivity contribution is 0.0696. The molecule has 0 spiro atoms. The van der Waals surface area contributed by atoms with Crippen molar-refractivity contribution in [3.8, 4) is 0 Å². The van der Waals surface area contributed by atoms with Crippen LogP contribution in [0.25, 0.3) is 0 Å². The molecule has 1 aromatic heterocycles. The number of aromatic carboxylic acids is 1. The number of aromatic nitrogens is 1. The molecule has 0 aliphatic heterocycles. The molecule has 4 nitrogen and oxygen atoms in total. The molecular formula is C12H17NO3S. The highest BCUT2D eigenvalue weighted by molar-refractivity contribution is 7.99. The second-order valence-electron chi connectivity index (χ2n) is 4.19. The average Bonchev–Trinajstić information content (AvgIpc) is 2.28. The quantitative estimate of drug-likeness (QED) is 0.790. The van der Waals surface area contributed by atoms with Gasteiger partial charge in [0.05, 0.1) is 17.2 Å². The summed E-state index contributed by atoms with van der Waals surface area (Å²) in [5, 5.41) is 18.7. The van der Waals surface area contributed by atoms with Crippen molar-refractivity contribution < 1.29 is 15.0 Å². The average molecular weight is 255 g/mol. The summed E-state index contributed by atoms with van der Waals surface area (Å²) in [5.74, 6) is -0.772. The number of nitrogens with zero attached hydrogens (tertiary/aromatic N) is 1.